The van der Waals surface area contributed by atoms with Crippen molar-refractivity contribution < 1.29 is 9.84 Å². The lowest BCUT2D eigenvalue weighted by Gasteiger charge is -2.36. The molecular weight excluding hydrogens is 226 g/mol. The van der Waals surface area contributed by atoms with Crippen LogP contribution in [0.1, 0.15) is 24.8 Å². The van der Waals surface area contributed by atoms with Gasteiger partial charge in [-0.05, 0) is 50.6 Å². The number of likely N-dealkylation sites (tertiary alicyclic amines) is 1. The molecule has 1 aromatic carbocycles. The first-order valence-corrected chi connectivity index (χ1v) is 6.76. The standard InChI is InChI=1S/C15H23NO2/c1-3-18-14-6-4-12(5-7-14)15-8-9-16(2)10-13(15)11-17/h4-7,13,15,17H,3,8-11H2,1-2H3/t13-,15-/m0/s1. The van der Waals surface area contributed by atoms with E-state index < -0.39 is 0 Å². The molecule has 0 aliphatic carbocycles. The minimum Gasteiger partial charge on any atom is -0.494 e. The van der Waals surface area contributed by atoms with Gasteiger partial charge in [-0.3, -0.25) is 0 Å². The minimum atomic E-state index is 0.266. The van der Waals surface area contributed by atoms with E-state index >= 15 is 0 Å². The molecule has 0 unspecified atom stereocenters. The summed E-state index contributed by atoms with van der Waals surface area (Å²) >= 11 is 0. The highest BCUT2D eigenvalue weighted by atomic mass is 16.5. The summed E-state index contributed by atoms with van der Waals surface area (Å²) in [5, 5.41) is 9.53. The van der Waals surface area contributed by atoms with Gasteiger partial charge in [-0.1, -0.05) is 12.1 Å². The van der Waals surface area contributed by atoms with Gasteiger partial charge in [0.2, 0.25) is 0 Å². The molecule has 0 radical (unpaired) electrons. The summed E-state index contributed by atoms with van der Waals surface area (Å²) in [4.78, 5) is 2.30. The number of piperidine rings is 1. The summed E-state index contributed by atoms with van der Waals surface area (Å²) in [6.07, 6.45) is 1.12. The third kappa shape index (κ3) is 3.03. The topological polar surface area (TPSA) is 32.7 Å². The van der Waals surface area contributed by atoms with Crippen molar-refractivity contribution in [2.24, 2.45) is 5.92 Å². The zero-order valence-corrected chi connectivity index (χ0v) is 11.3. The molecule has 0 bridgehead atoms. The number of aliphatic hydroxyl groups excluding tert-OH is 1. The molecule has 1 heterocycles. The van der Waals surface area contributed by atoms with Crippen LogP contribution < -0.4 is 4.74 Å². The van der Waals surface area contributed by atoms with Crippen molar-refractivity contribution in [2.45, 2.75) is 19.3 Å². The quantitative estimate of drug-likeness (QED) is 0.887. The average molecular weight is 249 g/mol. The smallest absolute Gasteiger partial charge is 0.119 e. The Kier molecular flexibility index (Phi) is 4.61. The molecule has 0 aromatic heterocycles. The molecule has 0 saturated carbocycles. The Morgan fingerprint density at radius 3 is 2.67 bits per heavy atom. The fourth-order valence-corrected chi connectivity index (χ4v) is 2.82. The van der Waals surface area contributed by atoms with E-state index in [4.69, 9.17) is 4.74 Å². The largest absolute Gasteiger partial charge is 0.494 e. The number of nitrogens with zero attached hydrogens (tertiary/aromatic N) is 1. The Bertz CT molecular complexity index is 363. The highest BCUT2D eigenvalue weighted by molar-refractivity contribution is 5.30. The minimum absolute atomic E-state index is 0.266. The zero-order valence-electron chi connectivity index (χ0n) is 11.3. The SMILES string of the molecule is CCOc1ccc([C@@H]2CCN(C)C[C@H]2CO)cc1. The van der Waals surface area contributed by atoms with Crippen LogP contribution in [-0.4, -0.2) is 43.4 Å². The Labute approximate surface area is 109 Å². The van der Waals surface area contributed by atoms with Crippen molar-refractivity contribution in [1.82, 2.24) is 4.90 Å². The van der Waals surface area contributed by atoms with Crippen LogP contribution in [0.2, 0.25) is 0 Å². The Morgan fingerprint density at radius 1 is 1.33 bits per heavy atom. The van der Waals surface area contributed by atoms with Crippen LogP contribution in [0, 0.1) is 5.92 Å². The normalized spacial score (nSPS) is 25.1. The lowest BCUT2D eigenvalue weighted by molar-refractivity contribution is 0.118. The van der Waals surface area contributed by atoms with E-state index in [1.165, 1.54) is 5.56 Å². The van der Waals surface area contributed by atoms with Crippen molar-refractivity contribution in [3.05, 3.63) is 29.8 Å². The van der Waals surface area contributed by atoms with Gasteiger partial charge < -0.3 is 14.7 Å². The molecule has 2 rings (SSSR count). The summed E-state index contributed by atoms with van der Waals surface area (Å²) < 4.78 is 5.46. The number of benzene rings is 1. The van der Waals surface area contributed by atoms with Gasteiger partial charge in [0.05, 0.1) is 6.61 Å². The van der Waals surface area contributed by atoms with Gasteiger partial charge in [-0.25, -0.2) is 0 Å². The summed E-state index contributed by atoms with van der Waals surface area (Å²) in [5.41, 5.74) is 1.32. The molecule has 100 valence electrons. The second kappa shape index (κ2) is 6.21. The second-order valence-electron chi connectivity index (χ2n) is 5.10. The highest BCUT2D eigenvalue weighted by Crippen LogP contribution is 2.33. The molecule has 1 aromatic rings. The van der Waals surface area contributed by atoms with E-state index in [2.05, 4.69) is 24.1 Å². The second-order valence-corrected chi connectivity index (χ2v) is 5.10. The van der Waals surface area contributed by atoms with E-state index in [9.17, 15) is 5.11 Å². The third-order valence-electron chi connectivity index (χ3n) is 3.79. The molecule has 1 saturated heterocycles. The molecular formula is C15H23NO2. The highest BCUT2D eigenvalue weighted by Gasteiger charge is 2.28. The van der Waals surface area contributed by atoms with Gasteiger partial charge in [0.25, 0.3) is 0 Å². The lowest BCUT2D eigenvalue weighted by atomic mass is 9.81. The first kappa shape index (κ1) is 13.4. The molecule has 3 heteroatoms. The van der Waals surface area contributed by atoms with Crippen LogP contribution in [0.15, 0.2) is 24.3 Å². The van der Waals surface area contributed by atoms with Crippen LogP contribution >= 0.6 is 0 Å². The summed E-state index contributed by atoms with van der Waals surface area (Å²) in [6, 6.07) is 8.35. The van der Waals surface area contributed by atoms with E-state index in [-0.39, 0.29) is 6.61 Å². The van der Waals surface area contributed by atoms with Gasteiger partial charge in [0.1, 0.15) is 5.75 Å². The number of hydrogen-bond donors (Lipinski definition) is 1. The van der Waals surface area contributed by atoms with Crippen molar-refractivity contribution in [1.29, 1.82) is 0 Å². The fourth-order valence-electron chi connectivity index (χ4n) is 2.82. The fraction of sp³-hybridized carbons (Fsp3) is 0.600. The Balaban J connectivity index is 2.09. The first-order valence-electron chi connectivity index (χ1n) is 6.76. The maximum Gasteiger partial charge on any atom is 0.119 e. The van der Waals surface area contributed by atoms with Crippen LogP contribution in [0.5, 0.6) is 5.75 Å². The van der Waals surface area contributed by atoms with Crippen molar-refractivity contribution >= 4 is 0 Å². The van der Waals surface area contributed by atoms with Crippen LogP contribution in [0.4, 0.5) is 0 Å². The van der Waals surface area contributed by atoms with Crippen LogP contribution in [0.25, 0.3) is 0 Å². The Morgan fingerprint density at radius 2 is 2.06 bits per heavy atom. The lowest BCUT2D eigenvalue weighted by Crippen LogP contribution is -2.38. The summed E-state index contributed by atoms with van der Waals surface area (Å²) in [7, 11) is 2.12. The molecule has 1 aliphatic rings. The number of rotatable bonds is 4. The number of aliphatic hydroxyl groups is 1. The van der Waals surface area contributed by atoms with Crippen LogP contribution in [0.3, 0.4) is 0 Å². The van der Waals surface area contributed by atoms with E-state index in [1.807, 2.05) is 19.1 Å². The van der Waals surface area contributed by atoms with Crippen molar-refractivity contribution in [3.8, 4) is 5.75 Å². The van der Waals surface area contributed by atoms with Crippen molar-refractivity contribution in [3.63, 3.8) is 0 Å². The van der Waals surface area contributed by atoms with E-state index in [1.54, 1.807) is 0 Å². The third-order valence-corrected chi connectivity index (χ3v) is 3.79. The number of ether oxygens (including phenoxy) is 1. The molecule has 1 N–H and O–H groups in total. The molecule has 1 aliphatic heterocycles. The Hall–Kier alpha value is -1.06. The van der Waals surface area contributed by atoms with Crippen LogP contribution in [-0.2, 0) is 0 Å². The maximum absolute atomic E-state index is 9.53. The summed E-state index contributed by atoms with van der Waals surface area (Å²) in [6.45, 7) is 5.05. The first-order chi connectivity index (χ1) is 8.74. The maximum atomic E-state index is 9.53. The van der Waals surface area contributed by atoms with E-state index in [0.717, 1.165) is 25.3 Å². The van der Waals surface area contributed by atoms with Gasteiger partial charge in [-0.15, -0.1) is 0 Å². The number of hydrogen-bond acceptors (Lipinski definition) is 3. The molecule has 2 atom stereocenters. The summed E-state index contributed by atoms with van der Waals surface area (Å²) in [5.74, 6) is 1.75. The monoisotopic (exact) mass is 249 g/mol. The van der Waals surface area contributed by atoms with Crippen molar-refractivity contribution in [2.75, 3.05) is 33.4 Å². The van der Waals surface area contributed by atoms with Gasteiger partial charge in [0.15, 0.2) is 0 Å². The zero-order chi connectivity index (χ0) is 13.0. The van der Waals surface area contributed by atoms with Gasteiger partial charge in [-0.2, -0.15) is 0 Å². The van der Waals surface area contributed by atoms with Gasteiger partial charge >= 0.3 is 0 Å². The molecule has 18 heavy (non-hydrogen) atoms. The van der Waals surface area contributed by atoms with E-state index in [0.29, 0.717) is 18.4 Å². The average Bonchev–Trinajstić information content (AvgIpc) is 2.40. The predicted octanol–water partition coefficient (Wildman–Crippen LogP) is 2.11. The van der Waals surface area contributed by atoms with Gasteiger partial charge in [0, 0.05) is 19.1 Å². The molecule has 1 fully saturated rings. The molecule has 0 spiro atoms. The predicted molar refractivity (Wildman–Crippen MR) is 73.0 cm³/mol. The molecule has 0 amide bonds. The molecule has 3 nitrogen and oxygen atoms in total.